The Kier molecular flexibility index (Phi) is 6.07. The van der Waals surface area contributed by atoms with E-state index in [-0.39, 0.29) is 11.8 Å². The number of halogens is 1. The van der Waals surface area contributed by atoms with Crippen molar-refractivity contribution in [2.75, 3.05) is 5.32 Å². The monoisotopic (exact) mass is 395 g/mol. The molecule has 1 heterocycles. The Bertz CT molecular complexity index is 1080. The van der Waals surface area contributed by atoms with Crippen LogP contribution in [0.2, 0.25) is 0 Å². The van der Waals surface area contributed by atoms with Crippen molar-refractivity contribution in [3.63, 3.8) is 0 Å². The summed E-state index contributed by atoms with van der Waals surface area (Å²) in [6.07, 6.45) is -0.378. The van der Waals surface area contributed by atoms with Crippen LogP contribution in [-0.4, -0.2) is 21.8 Å². The van der Waals surface area contributed by atoms with Gasteiger partial charge in [-0.15, -0.1) is 5.10 Å². The first-order valence-electron chi connectivity index (χ1n) is 9.28. The summed E-state index contributed by atoms with van der Waals surface area (Å²) in [7, 11) is 0. The molecule has 0 spiro atoms. The molecule has 3 rings (SSSR count). The molecule has 0 saturated heterocycles. The van der Waals surface area contributed by atoms with Crippen LogP contribution in [0.4, 0.5) is 10.1 Å². The van der Waals surface area contributed by atoms with Crippen molar-refractivity contribution in [1.29, 1.82) is 0 Å². The van der Waals surface area contributed by atoms with Crippen LogP contribution >= 0.6 is 0 Å². The fourth-order valence-electron chi connectivity index (χ4n) is 2.73. The number of hydrogen-bond acceptors (Lipinski definition) is 4. The minimum atomic E-state index is -0.789. The fraction of sp³-hybridized carbons (Fsp3) is 0.227. The van der Waals surface area contributed by atoms with E-state index in [1.54, 1.807) is 0 Å². The Balaban J connectivity index is 1.78. The van der Waals surface area contributed by atoms with Crippen molar-refractivity contribution in [2.24, 2.45) is 0 Å². The van der Waals surface area contributed by atoms with E-state index in [2.05, 4.69) is 10.4 Å². The number of hydrogen-bond donors (Lipinski definition) is 1. The number of aromatic nitrogens is 2. The summed E-state index contributed by atoms with van der Waals surface area (Å²) in [5.74, 6) is -0.601. The Hall–Kier alpha value is -3.48. The van der Waals surface area contributed by atoms with Crippen molar-refractivity contribution in [3.8, 4) is 11.6 Å². The largest absolute Gasteiger partial charge is 0.463 e. The first-order chi connectivity index (χ1) is 13.9. The molecule has 6 nitrogen and oxygen atoms in total. The Labute approximate surface area is 168 Å². The average molecular weight is 395 g/mol. The number of amides is 1. The third-order valence-corrected chi connectivity index (χ3v) is 4.55. The van der Waals surface area contributed by atoms with E-state index in [4.69, 9.17) is 4.74 Å². The van der Waals surface area contributed by atoms with E-state index in [0.717, 1.165) is 15.8 Å². The predicted molar refractivity (Wildman–Crippen MR) is 109 cm³/mol. The van der Waals surface area contributed by atoms with Crippen LogP contribution in [0.3, 0.4) is 0 Å². The highest BCUT2D eigenvalue weighted by atomic mass is 19.1. The summed E-state index contributed by atoms with van der Waals surface area (Å²) < 4.78 is 20.0. The summed E-state index contributed by atoms with van der Waals surface area (Å²) in [6, 6.07) is 13.7. The number of carbonyl (C=O) groups excluding carboxylic acids is 1. The first kappa shape index (κ1) is 20.3. The van der Waals surface area contributed by atoms with Gasteiger partial charge in [0.25, 0.3) is 11.5 Å². The van der Waals surface area contributed by atoms with Gasteiger partial charge in [-0.1, -0.05) is 13.0 Å². The number of benzene rings is 2. The molecule has 0 bridgehead atoms. The number of anilines is 1. The second kappa shape index (κ2) is 8.68. The van der Waals surface area contributed by atoms with Crippen LogP contribution in [0.25, 0.3) is 5.69 Å². The highest BCUT2D eigenvalue weighted by Crippen LogP contribution is 2.16. The summed E-state index contributed by atoms with van der Waals surface area (Å²) in [5.41, 5.74) is 2.90. The Morgan fingerprint density at radius 1 is 1.10 bits per heavy atom. The van der Waals surface area contributed by atoms with Crippen LogP contribution in [0.1, 0.15) is 24.5 Å². The van der Waals surface area contributed by atoms with Crippen molar-refractivity contribution in [1.82, 2.24) is 9.78 Å². The number of rotatable bonds is 6. The maximum absolute atomic E-state index is 13.1. The van der Waals surface area contributed by atoms with Gasteiger partial charge in [0.1, 0.15) is 5.82 Å². The van der Waals surface area contributed by atoms with Gasteiger partial charge in [0.05, 0.1) is 5.69 Å². The van der Waals surface area contributed by atoms with Gasteiger partial charge in [-0.05, 0) is 67.8 Å². The molecule has 2 aromatic carbocycles. The maximum Gasteiger partial charge on any atom is 0.271 e. The second-order valence-corrected chi connectivity index (χ2v) is 6.70. The van der Waals surface area contributed by atoms with Crippen molar-refractivity contribution < 1.29 is 13.9 Å². The van der Waals surface area contributed by atoms with Gasteiger partial charge in [-0.3, -0.25) is 9.59 Å². The van der Waals surface area contributed by atoms with Crippen LogP contribution in [-0.2, 0) is 4.79 Å². The third-order valence-electron chi connectivity index (χ3n) is 4.55. The summed E-state index contributed by atoms with van der Waals surface area (Å²) in [6.45, 7) is 5.79. The number of aryl methyl sites for hydroxylation is 2. The molecule has 0 aliphatic carbocycles. The molecular weight excluding hydrogens is 373 g/mol. The fourth-order valence-corrected chi connectivity index (χ4v) is 2.73. The summed E-state index contributed by atoms with van der Waals surface area (Å²) in [5, 5.41) is 7.00. The molecule has 1 aromatic heterocycles. The van der Waals surface area contributed by atoms with E-state index in [1.165, 1.54) is 36.4 Å². The van der Waals surface area contributed by atoms with E-state index in [1.807, 2.05) is 39.0 Å². The van der Waals surface area contributed by atoms with E-state index in [9.17, 15) is 14.0 Å². The third kappa shape index (κ3) is 4.87. The van der Waals surface area contributed by atoms with Crippen LogP contribution in [0.15, 0.2) is 59.4 Å². The lowest BCUT2D eigenvalue weighted by molar-refractivity contribution is -0.123. The van der Waals surface area contributed by atoms with Gasteiger partial charge in [0, 0.05) is 17.8 Å². The molecule has 7 heteroatoms. The zero-order valence-corrected chi connectivity index (χ0v) is 16.5. The lowest BCUT2D eigenvalue weighted by atomic mass is 10.1. The molecule has 0 aliphatic rings. The Morgan fingerprint density at radius 2 is 1.83 bits per heavy atom. The molecule has 3 aromatic rings. The zero-order chi connectivity index (χ0) is 21.0. The molecule has 1 amide bonds. The summed E-state index contributed by atoms with van der Waals surface area (Å²) >= 11 is 0. The van der Waals surface area contributed by atoms with Crippen LogP contribution < -0.4 is 15.6 Å². The topological polar surface area (TPSA) is 73.2 Å². The van der Waals surface area contributed by atoms with Gasteiger partial charge >= 0.3 is 0 Å². The molecule has 0 fully saturated rings. The van der Waals surface area contributed by atoms with E-state index in [0.29, 0.717) is 17.8 Å². The molecule has 0 saturated carbocycles. The van der Waals surface area contributed by atoms with Crippen molar-refractivity contribution in [3.05, 3.63) is 81.9 Å². The molecular formula is C22H22FN3O3. The minimum Gasteiger partial charge on any atom is -0.463 e. The highest BCUT2D eigenvalue weighted by molar-refractivity contribution is 5.94. The number of nitrogens with zero attached hydrogens (tertiary/aromatic N) is 2. The molecule has 1 N–H and O–H groups in total. The molecule has 29 heavy (non-hydrogen) atoms. The quantitative estimate of drug-likeness (QED) is 0.689. The summed E-state index contributed by atoms with van der Waals surface area (Å²) in [4.78, 5) is 24.7. The average Bonchev–Trinajstić information content (AvgIpc) is 2.70. The van der Waals surface area contributed by atoms with Gasteiger partial charge < -0.3 is 10.1 Å². The standard InChI is InChI=1S/C22H22FN3O3/c1-4-19(22(28)24-17-8-5-14(2)15(3)13-17)29-20-11-12-21(27)26(25-20)18-9-6-16(23)7-10-18/h5-13,19H,4H2,1-3H3,(H,24,28)/t19-/m1/s1. The molecule has 0 aliphatic heterocycles. The highest BCUT2D eigenvalue weighted by Gasteiger charge is 2.20. The Morgan fingerprint density at radius 3 is 2.48 bits per heavy atom. The lowest BCUT2D eigenvalue weighted by Crippen LogP contribution is -2.33. The number of nitrogens with one attached hydrogen (secondary N) is 1. The van der Waals surface area contributed by atoms with E-state index < -0.39 is 17.5 Å². The normalized spacial score (nSPS) is 11.7. The molecule has 0 radical (unpaired) electrons. The smallest absolute Gasteiger partial charge is 0.271 e. The maximum atomic E-state index is 13.1. The SMILES string of the molecule is CC[C@@H](Oc1ccc(=O)n(-c2ccc(F)cc2)n1)C(=O)Nc1ccc(C)c(C)c1. The zero-order valence-electron chi connectivity index (χ0n) is 16.5. The lowest BCUT2D eigenvalue weighted by Gasteiger charge is -2.17. The van der Waals surface area contributed by atoms with Gasteiger partial charge in [-0.25, -0.2) is 4.39 Å². The van der Waals surface area contributed by atoms with Gasteiger partial charge in [0.15, 0.2) is 6.10 Å². The number of ether oxygens (including phenoxy) is 1. The van der Waals surface area contributed by atoms with Crippen molar-refractivity contribution >= 4 is 11.6 Å². The second-order valence-electron chi connectivity index (χ2n) is 6.70. The minimum absolute atomic E-state index is 0.121. The van der Waals surface area contributed by atoms with Crippen LogP contribution in [0.5, 0.6) is 5.88 Å². The van der Waals surface area contributed by atoms with E-state index >= 15 is 0 Å². The molecule has 1 atom stereocenters. The molecule has 150 valence electrons. The molecule has 0 unspecified atom stereocenters. The first-order valence-corrected chi connectivity index (χ1v) is 9.28. The van der Waals surface area contributed by atoms with Crippen molar-refractivity contribution in [2.45, 2.75) is 33.3 Å². The van der Waals surface area contributed by atoms with Gasteiger partial charge in [0.2, 0.25) is 5.88 Å². The van der Waals surface area contributed by atoms with Gasteiger partial charge in [-0.2, -0.15) is 4.68 Å². The number of carbonyl (C=O) groups is 1. The van der Waals surface area contributed by atoms with Crippen LogP contribution in [0, 0.1) is 19.7 Å². The predicted octanol–water partition coefficient (Wildman–Crippen LogP) is 3.78.